The van der Waals surface area contributed by atoms with Gasteiger partial charge in [-0.3, -0.25) is 90.3 Å². The molecule has 0 radical (unpaired) electrons. The summed E-state index contributed by atoms with van der Waals surface area (Å²) in [6, 6.07) is 31.2. The van der Waals surface area contributed by atoms with Crippen molar-refractivity contribution in [3.05, 3.63) is 205 Å². The molecule has 12 rings (SSSR count). The second kappa shape index (κ2) is 45.3. The van der Waals surface area contributed by atoms with E-state index in [0.717, 1.165) is 38.6 Å². The summed E-state index contributed by atoms with van der Waals surface area (Å²) >= 11 is 25.1. The number of likely N-dealkylation sites (tertiary alicyclic amines) is 1. The maximum absolute atomic E-state index is 13.2. The van der Waals surface area contributed by atoms with Gasteiger partial charge in [0.05, 0.1) is 93.5 Å². The van der Waals surface area contributed by atoms with Crippen molar-refractivity contribution in [2.24, 2.45) is 26.3 Å². The first-order chi connectivity index (χ1) is 61.6. The van der Waals surface area contributed by atoms with Crippen molar-refractivity contribution in [3.63, 3.8) is 0 Å². The molecular formula is C90H120BrN23O13S4. The van der Waals surface area contributed by atoms with Gasteiger partial charge >= 0.3 is 29.8 Å². The van der Waals surface area contributed by atoms with Gasteiger partial charge in [0.15, 0.2) is 20.4 Å². The Morgan fingerprint density at radius 3 is 0.908 bits per heavy atom. The van der Waals surface area contributed by atoms with E-state index in [1.54, 1.807) is 39.5 Å². The number of benzene rings is 4. The molecule has 0 atom stereocenters. The number of carbonyl (C=O) groups excluding carboxylic acids is 2. The van der Waals surface area contributed by atoms with Gasteiger partial charge in [0.2, 0.25) is 0 Å². The number of carbonyl (C=O) groups is 5. The zero-order chi connectivity index (χ0) is 96.4. The first-order valence-electron chi connectivity index (χ1n) is 43.0. The quantitative estimate of drug-likeness (QED) is 0.0125. The van der Waals surface area contributed by atoms with Gasteiger partial charge in [-0.15, -0.1) is 0 Å². The second-order valence-electron chi connectivity index (χ2n) is 35.2. The number of hydrazone groups is 4. The predicted molar refractivity (Wildman–Crippen MR) is 528 cm³/mol. The van der Waals surface area contributed by atoms with E-state index in [1.807, 2.05) is 149 Å². The molecule has 0 aliphatic carbocycles. The van der Waals surface area contributed by atoms with E-state index in [0.29, 0.717) is 175 Å². The van der Waals surface area contributed by atoms with Crippen molar-refractivity contribution in [1.82, 2.24) is 95.1 Å². The van der Waals surface area contributed by atoms with Gasteiger partial charge in [-0.25, -0.2) is 23.5 Å². The van der Waals surface area contributed by atoms with Crippen molar-refractivity contribution in [1.29, 1.82) is 0 Å². The summed E-state index contributed by atoms with van der Waals surface area (Å²) < 4.78 is 12.0. The number of carboxylic acids is 3. The van der Waals surface area contributed by atoms with Crippen LogP contribution in [-0.4, -0.2) is 273 Å². The summed E-state index contributed by atoms with van der Waals surface area (Å²) in [4.78, 5) is 121. The second-order valence-corrected chi connectivity index (χ2v) is 37.7. The number of aliphatic carboxylic acids is 3. The van der Waals surface area contributed by atoms with Crippen LogP contribution in [0.1, 0.15) is 171 Å². The first-order valence-corrected chi connectivity index (χ1v) is 45.4. The van der Waals surface area contributed by atoms with Crippen LogP contribution < -0.4 is 43.9 Å². The van der Waals surface area contributed by atoms with Crippen LogP contribution in [0.2, 0.25) is 0 Å². The molecule has 131 heavy (non-hydrogen) atoms. The molecule has 1 amide bonds. The van der Waals surface area contributed by atoms with E-state index in [9.17, 15) is 43.2 Å². The molecular weight excluding hydrogens is 1820 g/mol. The largest absolute Gasteiger partial charge is 0.481 e. The zero-order valence-electron chi connectivity index (χ0n) is 77.4. The molecule has 0 bridgehead atoms. The van der Waals surface area contributed by atoms with E-state index in [4.69, 9.17) is 68.9 Å². The number of aromatic amines is 4. The fourth-order valence-electron chi connectivity index (χ4n) is 14.9. The summed E-state index contributed by atoms with van der Waals surface area (Å²) in [7, 11) is 0. The van der Waals surface area contributed by atoms with Gasteiger partial charge in [-0.05, 0) is 218 Å². The van der Waals surface area contributed by atoms with E-state index < -0.39 is 23.8 Å². The molecule has 704 valence electrons. The molecule has 41 heteroatoms. The van der Waals surface area contributed by atoms with Crippen molar-refractivity contribution in [2.45, 2.75) is 154 Å². The number of aryl methyl sites for hydroxylation is 4. The number of piperidine rings is 1. The molecule has 4 saturated heterocycles. The average molecular weight is 1940 g/mol. The number of halogens is 1. The highest BCUT2D eigenvalue weighted by Crippen LogP contribution is 2.27. The van der Waals surface area contributed by atoms with Crippen LogP contribution >= 0.6 is 64.8 Å². The molecule has 8 aromatic rings. The summed E-state index contributed by atoms with van der Waals surface area (Å²) in [6.07, 6.45) is 1.10. The Kier molecular flexibility index (Phi) is 35.6. The SMILES string of the molecule is CC(=NNC(=S)N1CCC(C(=O)O)CC1)c1c(C)[nH]n(-c2ccc(Br)cc2)c1=O.CC(=NNC(=S)N1CCN(C(=O)C(=O)O)CC1)c1c(C)[nH]n(-c2ccc(C(C)(C)C)cc2)c1=O.CC(=NNC(=S)N1CCN(CC(=O)O)CC1)c1c(C)[nH]n(-c2ccc(C(C)(C)C)cc2)c1=O.CCOC(=O)CN1CCN(C(=S)NN=C(C)c2c(C)[nH]n(-c3ccc(C(C)(C)C)cc3)c2=O)CC1. The smallest absolute Gasteiger partial charge is 0.394 e. The number of nitrogens with zero attached hydrogens (tertiary/aromatic N) is 15. The van der Waals surface area contributed by atoms with Crippen molar-refractivity contribution < 1.29 is 44.0 Å². The third-order valence-corrected chi connectivity index (χ3v) is 24.5. The van der Waals surface area contributed by atoms with Gasteiger partial charge in [0.25, 0.3) is 22.2 Å². The fourth-order valence-corrected chi connectivity index (χ4v) is 16.1. The minimum absolute atomic E-state index is 0.0199. The Bertz CT molecular complexity index is 5850. The topological polar surface area (TPSA) is 427 Å². The molecule has 4 aromatic carbocycles. The van der Waals surface area contributed by atoms with E-state index in [1.165, 1.54) is 40.3 Å². The number of piperazine rings is 3. The predicted octanol–water partition coefficient (Wildman–Crippen LogP) is 8.85. The van der Waals surface area contributed by atoms with Gasteiger partial charge in [-0.1, -0.05) is 115 Å². The van der Waals surface area contributed by atoms with E-state index >= 15 is 0 Å². The highest BCUT2D eigenvalue weighted by atomic mass is 79.9. The number of rotatable bonds is 18. The summed E-state index contributed by atoms with van der Waals surface area (Å²) in [6.45, 7) is 43.9. The Balaban J connectivity index is 0.000000197. The standard InChI is InChI=1S/C25H36N6O3S.C23H30N6O4S.C23H32N6O3S.C19H22BrN5O3S/c1-7-34-21(32)16-29-12-14-30(15-13-29)24(35)27-26-17(2)22-18(3)28-31(23(22)33)20-10-8-19(9-11-20)25(4,5)6;1-14(24-25-22(34)28-12-10-27(11-13-28)20(31)21(32)33)18-15(2)26-29(19(18)30)17-8-6-16(7-9-17)23(3,4)5;1-15(24-25-22(33)28-12-10-27(11-13-28)14-19(30)31)20-16(2)26-29(21(20)32)18-8-6-17(7-9-18)23(3,4)5;1-11(21-22-19(29)24-9-7-13(8-10-24)18(27)28)16-12(2)23-25(17(16)26)15-5-3-14(20)4-6-15/h8-11,28H,7,12-16H2,1-6H3,(H,27,35);6-9,26H,10-13H2,1-5H3,(H,25,34)(H,32,33);6-9,26H,10-14H2,1-5H3,(H,25,33)(H,30,31);3-6,13,23H,7-10H2,1-2H3,(H,22,29)(H,27,28). The van der Waals surface area contributed by atoms with Gasteiger partial charge in [0, 0.05) is 119 Å². The Morgan fingerprint density at radius 2 is 0.656 bits per heavy atom. The number of esters is 1. The maximum atomic E-state index is 13.2. The molecule has 4 fully saturated rings. The number of amides is 1. The number of thiocarbonyl (C=S) groups is 4. The molecule has 4 aliphatic heterocycles. The number of hydrogen-bond acceptors (Lipinski definition) is 20. The minimum atomic E-state index is -1.47. The van der Waals surface area contributed by atoms with Crippen molar-refractivity contribution >= 4 is 138 Å². The Labute approximate surface area is 790 Å². The average Bonchev–Trinajstić information content (AvgIpc) is 1.66. The molecule has 4 aromatic heterocycles. The lowest BCUT2D eigenvalue weighted by Gasteiger charge is -2.35. The number of carboxylic acid groups (broad SMARTS) is 3. The van der Waals surface area contributed by atoms with E-state index in [2.05, 4.69) is 141 Å². The maximum Gasteiger partial charge on any atom is 0.394 e. The molecule has 0 unspecified atom stereocenters. The fraction of sp³-hybridized carbons (Fsp3) is 0.456. The molecule has 36 nitrogen and oxygen atoms in total. The number of nitrogens with one attached hydrogen (secondary N) is 8. The van der Waals surface area contributed by atoms with Crippen LogP contribution in [0, 0.1) is 33.6 Å². The van der Waals surface area contributed by atoms with Gasteiger partial charge in [0.1, 0.15) is 0 Å². The van der Waals surface area contributed by atoms with Crippen LogP contribution in [0.4, 0.5) is 0 Å². The van der Waals surface area contributed by atoms with E-state index in [-0.39, 0.29) is 76.5 Å². The Hall–Kier alpha value is -11.9. The highest BCUT2D eigenvalue weighted by Gasteiger charge is 2.31. The van der Waals surface area contributed by atoms with Crippen LogP contribution in [0.5, 0.6) is 0 Å². The molecule has 8 heterocycles. The van der Waals surface area contributed by atoms with Crippen LogP contribution in [-0.2, 0) is 45.0 Å². The summed E-state index contributed by atoms with van der Waals surface area (Å²) in [5.74, 6) is -4.51. The van der Waals surface area contributed by atoms with Crippen molar-refractivity contribution in [3.8, 4) is 22.7 Å². The molecule has 4 aliphatic rings. The first kappa shape index (κ1) is 103. The van der Waals surface area contributed by atoms with Crippen LogP contribution in [0.25, 0.3) is 22.7 Å². The van der Waals surface area contributed by atoms with Gasteiger partial charge < -0.3 is 44.6 Å². The van der Waals surface area contributed by atoms with Gasteiger partial charge in [-0.2, -0.15) is 20.4 Å². The lowest BCUT2D eigenvalue weighted by atomic mass is 9.87. The normalized spacial score (nSPS) is 15.2. The third kappa shape index (κ3) is 27.4. The minimum Gasteiger partial charge on any atom is -0.481 e. The highest BCUT2D eigenvalue weighted by molar-refractivity contribution is 9.10. The molecule has 0 saturated carbocycles. The number of hydrogen-bond donors (Lipinski definition) is 11. The molecule has 11 N–H and O–H groups in total. The lowest BCUT2D eigenvalue weighted by molar-refractivity contribution is -0.156. The number of ether oxygens (including phenoxy) is 1. The number of H-pyrrole nitrogens is 4. The van der Waals surface area contributed by atoms with Crippen LogP contribution in [0.15, 0.2) is 141 Å². The monoisotopic (exact) mass is 1940 g/mol. The molecule has 0 spiro atoms. The Morgan fingerprint density at radius 1 is 0.405 bits per heavy atom. The zero-order valence-corrected chi connectivity index (χ0v) is 82.2. The van der Waals surface area contributed by atoms with Crippen LogP contribution in [0.3, 0.4) is 0 Å². The lowest BCUT2D eigenvalue weighted by Crippen LogP contribution is -2.53. The third-order valence-electron chi connectivity index (χ3n) is 22.6. The summed E-state index contributed by atoms with van der Waals surface area (Å²) in [5, 5.41) is 58.4. The number of aromatic nitrogens is 8. The van der Waals surface area contributed by atoms with Crippen molar-refractivity contribution in [2.75, 3.05) is 111 Å². The summed E-state index contributed by atoms with van der Waals surface area (Å²) in [5.41, 5.74) is 24.2.